The largest absolute Gasteiger partial charge is 0.490 e. The molecular weight excluding hydrogens is 1200 g/mol. The Kier molecular flexibility index (Phi) is 17.8. The predicted molar refractivity (Wildman–Crippen MR) is 337 cm³/mol. The van der Waals surface area contributed by atoms with Crippen molar-refractivity contribution in [3.05, 3.63) is 141 Å². The van der Waals surface area contributed by atoms with Crippen LogP contribution in [-0.4, -0.2) is 151 Å². The first-order valence-electron chi connectivity index (χ1n) is 31.6. The van der Waals surface area contributed by atoms with Gasteiger partial charge in [-0.15, -0.1) is 0 Å². The van der Waals surface area contributed by atoms with Gasteiger partial charge < -0.3 is 39.0 Å². The van der Waals surface area contributed by atoms with Gasteiger partial charge in [0, 0.05) is 97.6 Å². The van der Waals surface area contributed by atoms with Gasteiger partial charge in [-0.2, -0.15) is 25.4 Å². The van der Waals surface area contributed by atoms with Gasteiger partial charge in [0.25, 0.3) is 11.8 Å². The summed E-state index contributed by atoms with van der Waals surface area (Å²) in [6.45, 7) is 5.27. The van der Waals surface area contributed by atoms with E-state index in [0.717, 1.165) is 111 Å². The number of nitrogens with zero attached hydrogens (tertiary/aromatic N) is 4. The Hall–Kier alpha value is -5.26. The topological polar surface area (TPSA) is 217 Å². The second-order valence-electron chi connectivity index (χ2n) is 26.2. The molecule has 18 nitrogen and oxygen atoms in total. The molecule has 4 aromatic rings. The van der Waals surface area contributed by atoms with E-state index in [1.54, 1.807) is 60.7 Å². The van der Waals surface area contributed by atoms with Crippen LogP contribution < -0.4 is 28.7 Å². The lowest BCUT2D eigenvalue weighted by molar-refractivity contribution is 0.0453. The van der Waals surface area contributed by atoms with Crippen molar-refractivity contribution in [2.45, 2.75) is 125 Å². The number of hydrogen-bond donors (Lipinski definition) is 4. The lowest BCUT2D eigenvalue weighted by Crippen LogP contribution is -2.49. The minimum atomic E-state index is -4.19. The molecule has 0 radical (unpaired) electrons. The molecule has 4 N–H and O–H groups in total. The van der Waals surface area contributed by atoms with Crippen molar-refractivity contribution in [3.8, 4) is 11.5 Å². The monoisotopic (exact) mass is 1280 g/mol. The minimum Gasteiger partial charge on any atom is -0.490 e. The zero-order valence-electron chi connectivity index (χ0n) is 49.6. The van der Waals surface area contributed by atoms with Gasteiger partial charge in [-0.1, -0.05) is 59.6 Å². The summed E-state index contributed by atoms with van der Waals surface area (Å²) in [5.41, 5.74) is 6.50. The van der Waals surface area contributed by atoms with E-state index in [-0.39, 0.29) is 84.0 Å². The average molecular weight is 1280 g/mol. The summed E-state index contributed by atoms with van der Waals surface area (Å²) in [5.74, 6) is 0.544. The Morgan fingerprint density at radius 3 is 1.40 bits per heavy atom. The van der Waals surface area contributed by atoms with E-state index < -0.39 is 44.4 Å². The molecule has 10 atom stereocenters. The summed E-state index contributed by atoms with van der Waals surface area (Å²) in [5, 5.41) is 23.9. The number of aliphatic hydroxyl groups is 2. The van der Waals surface area contributed by atoms with Crippen molar-refractivity contribution < 1.29 is 55.6 Å². The van der Waals surface area contributed by atoms with Crippen molar-refractivity contribution in [2.24, 2.45) is 23.7 Å². The van der Waals surface area contributed by atoms with Gasteiger partial charge in [-0.25, -0.2) is 9.44 Å². The lowest BCUT2D eigenvalue weighted by atomic mass is 9.68. The maximum absolute atomic E-state index is 13.5. The van der Waals surface area contributed by atoms with Crippen LogP contribution in [0.3, 0.4) is 0 Å². The highest BCUT2D eigenvalue weighted by Gasteiger charge is 2.47. The van der Waals surface area contributed by atoms with Crippen LogP contribution in [0.2, 0.25) is 10.0 Å². The molecule has 4 fully saturated rings. The van der Waals surface area contributed by atoms with Crippen LogP contribution >= 0.6 is 23.2 Å². The average Bonchev–Trinajstić information content (AvgIpc) is 1.59. The van der Waals surface area contributed by atoms with Crippen molar-refractivity contribution in [3.63, 3.8) is 0 Å². The maximum Gasteiger partial charge on any atom is 0.304 e. The molecule has 88 heavy (non-hydrogen) atoms. The van der Waals surface area contributed by atoms with E-state index in [1.807, 2.05) is 12.1 Å². The quantitative estimate of drug-likeness (QED) is 0.141. The number of anilines is 2. The molecule has 2 saturated heterocycles. The fourth-order valence-corrected chi connectivity index (χ4v) is 18.2. The van der Waals surface area contributed by atoms with Gasteiger partial charge in [0.15, 0.2) is 0 Å². The first-order chi connectivity index (χ1) is 42.4. The predicted octanol–water partition coefficient (Wildman–Crippen LogP) is 8.45. The Morgan fingerprint density at radius 1 is 0.557 bits per heavy atom. The number of hydrogen-bond acceptors (Lipinski definition) is 14. The van der Waals surface area contributed by atoms with E-state index in [9.17, 15) is 36.6 Å². The van der Waals surface area contributed by atoms with Gasteiger partial charge in [-0.3, -0.25) is 9.59 Å². The second-order valence-corrected chi connectivity index (χ2v) is 30.4. The third-order valence-corrected chi connectivity index (χ3v) is 23.9. The van der Waals surface area contributed by atoms with E-state index in [0.29, 0.717) is 64.1 Å². The number of aliphatic hydroxyl groups excluding tert-OH is 2. The van der Waals surface area contributed by atoms with Crippen molar-refractivity contribution in [1.82, 2.24) is 18.1 Å². The highest BCUT2D eigenvalue weighted by Crippen LogP contribution is 2.49. The van der Waals surface area contributed by atoms with E-state index in [1.165, 1.54) is 30.9 Å². The van der Waals surface area contributed by atoms with Gasteiger partial charge in [0.2, 0.25) is 0 Å². The first kappa shape index (κ1) is 61.6. The number of fused-ring (bicyclic) bond motifs is 8. The Labute approximate surface area is 526 Å². The molecule has 2 saturated carbocycles. The standard InChI is InChI=1S/2C33H40ClN3O6S/c2*34-25-9-11-28-22(16-25)4-1-13-33(28)20-36-18-24-7-10-27(24)30(38)6-2-14-37(19-26-5-3-15-42-26)44(40,41)35-32(39)23-8-12-31(43-21-33)29(36)17-23/h2*2,6,8-9,11-12,16-17,24,26-27,30,38H,1,3-5,7,10,13-15,18-21H2,(H,35,39)/b2*6-2+/t2*24-,26?,27+,30-,33-/m00/s1. The van der Waals surface area contributed by atoms with Crippen molar-refractivity contribution in [1.29, 1.82) is 0 Å². The number of aryl methyl sites for hydroxylation is 2. The molecule has 0 aromatic heterocycles. The molecule has 6 aliphatic heterocycles. The number of carbonyl (C=O) groups is 2. The smallest absolute Gasteiger partial charge is 0.304 e. The van der Waals surface area contributed by atoms with Gasteiger partial charge in [0.05, 0.1) is 49.0 Å². The molecule has 2 amide bonds. The first-order valence-corrected chi connectivity index (χ1v) is 35.2. The number of benzene rings is 4. The van der Waals surface area contributed by atoms with Crippen molar-refractivity contribution >= 4 is 66.8 Å². The molecule has 6 heterocycles. The zero-order valence-corrected chi connectivity index (χ0v) is 52.7. The Bertz CT molecular complexity index is 3350. The fourth-order valence-electron chi connectivity index (χ4n) is 15.6. The molecule has 2 unspecified atom stereocenters. The normalized spacial score (nSPS) is 32.6. The van der Waals surface area contributed by atoms with Crippen LogP contribution in [0.5, 0.6) is 11.5 Å². The highest BCUT2D eigenvalue weighted by molar-refractivity contribution is 7.88. The number of halogens is 2. The van der Waals surface area contributed by atoms with Crippen LogP contribution in [0.1, 0.15) is 120 Å². The van der Waals surface area contributed by atoms with Crippen LogP contribution in [0.25, 0.3) is 0 Å². The van der Waals surface area contributed by atoms with Gasteiger partial charge in [-0.05, 0) is 196 Å². The summed E-state index contributed by atoms with van der Waals surface area (Å²) >= 11 is 12.8. The summed E-state index contributed by atoms with van der Waals surface area (Å²) in [6, 6.07) is 22.7. The van der Waals surface area contributed by atoms with E-state index >= 15 is 0 Å². The van der Waals surface area contributed by atoms with Crippen LogP contribution in [0.4, 0.5) is 11.4 Å². The van der Waals surface area contributed by atoms with Crippen molar-refractivity contribution in [2.75, 3.05) is 88.6 Å². The Balaban J connectivity index is 0.000000162. The molecular formula is C66H80Cl2N6O12S2. The molecule has 2 spiro atoms. The minimum absolute atomic E-state index is 0.0347. The number of rotatable bonds is 4. The molecule has 14 rings (SSSR count). The number of ether oxygens (including phenoxy) is 4. The van der Waals surface area contributed by atoms with Crippen LogP contribution in [-0.2, 0) is 53.6 Å². The summed E-state index contributed by atoms with van der Waals surface area (Å²) in [6.07, 6.45) is 17.9. The van der Waals surface area contributed by atoms with Crippen LogP contribution in [0, 0.1) is 23.7 Å². The SMILES string of the molecule is O=C1NS(=O)(=O)N(CC2CCCO2)C/C=C/[C@H](O)[C@@H]2CC[C@H]2CN2C[C@@]3(CCCc4cc(Cl)ccc43)COc3ccc1cc32.O=C1NS(=O)(=O)N(CC2CCCO2)C/C=C/[C@H](O)[C@@H]2CC[C@H]2CN2C[C@@]3(CCCc4cc(Cl)ccc43)COc3ccc1cc32. The van der Waals surface area contributed by atoms with E-state index in [2.05, 4.69) is 43.5 Å². The number of amides is 2. The molecule has 472 valence electrons. The Morgan fingerprint density at radius 2 is 1.00 bits per heavy atom. The highest BCUT2D eigenvalue weighted by atomic mass is 35.5. The fraction of sp³-hybridized carbons (Fsp3) is 0.545. The number of nitrogens with one attached hydrogen (secondary N) is 2. The molecule has 4 bridgehead atoms. The number of carbonyl (C=O) groups excluding carboxylic acids is 2. The lowest BCUT2D eigenvalue weighted by Gasteiger charge is -2.45. The zero-order chi connectivity index (χ0) is 61.0. The maximum atomic E-state index is 13.5. The second kappa shape index (κ2) is 25.4. The summed E-state index contributed by atoms with van der Waals surface area (Å²) < 4.78 is 85.7. The third-order valence-electron chi connectivity index (χ3n) is 20.6. The summed E-state index contributed by atoms with van der Waals surface area (Å²) in [4.78, 5) is 31.7. The molecule has 22 heteroatoms. The van der Waals surface area contributed by atoms with E-state index in [4.69, 9.17) is 42.1 Å². The molecule has 10 aliphatic rings. The third kappa shape index (κ3) is 12.7. The molecule has 4 aromatic carbocycles. The van der Waals surface area contributed by atoms with Crippen LogP contribution in [0.15, 0.2) is 97.1 Å². The van der Waals surface area contributed by atoms with Gasteiger partial charge >= 0.3 is 20.4 Å². The molecule has 4 aliphatic carbocycles. The summed E-state index contributed by atoms with van der Waals surface area (Å²) in [7, 11) is -8.39. The van der Waals surface area contributed by atoms with Gasteiger partial charge in [0.1, 0.15) is 11.5 Å².